The van der Waals surface area contributed by atoms with E-state index in [1.165, 1.54) is 0 Å². The number of carbonyl (C=O) groups excluding carboxylic acids is 2. The minimum absolute atomic E-state index is 0.0991. The number of carbonyl (C=O) groups is 2. The molecule has 228 valence electrons. The molecule has 12 heteroatoms. The Bertz CT molecular complexity index is 1670. The van der Waals surface area contributed by atoms with Crippen molar-refractivity contribution < 1.29 is 19.1 Å². The predicted molar refractivity (Wildman–Crippen MR) is 176 cm³/mol. The Morgan fingerprint density at radius 3 is 2.07 bits per heavy atom. The number of ether oxygens (including phenoxy) is 2. The Hall–Kier alpha value is -3.66. The van der Waals surface area contributed by atoms with Crippen molar-refractivity contribution in [3.63, 3.8) is 0 Å². The first-order valence-electron chi connectivity index (χ1n) is 13.6. The SMILES string of the molecule is CC(C)(C)OC(=O)NC(=NCCNc1ccc2c([nH]c3ccc(Cl)cc32)c1-c1ccc(Cl)c(Cl)c1)NC(=O)OC(C)(C)C. The number of fused-ring (bicyclic) bond motifs is 3. The lowest BCUT2D eigenvalue weighted by Crippen LogP contribution is -2.47. The van der Waals surface area contributed by atoms with Crippen LogP contribution in [0.25, 0.3) is 32.9 Å². The number of alkyl carbamates (subject to hydrolysis) is 2. The summed E-state index contributed by atoms with van der Waals surface area (Å²) in [6.07, 6.45) is -1.52. The molecular formula is C31H34Cl3N5O4. The third-order valence-corrected chi connectivity index (χ3v) is 6.86. The second-order valence-corrected chi connectivity index (χ2v) is 13.0. The fourth-order valence-electron chi connectivity index (χ4n) is 4.31. The highest BCUT2D eigenvalue weighted by molar-refractivity contribution is 6.42. The highest BCUT2D eigenvalue weighted by Crippen LogP contribution is 2.40. The van der Waals surface area contributed by atoms with E-state index in [0.29, 0.717) is 21.6 Å². The second-order valence-electron chi connectivity index (χ2n) is 11.8. The molecule has 0 atom stereocenters. The van der Waals surface area contributed by atoms with Gasteiger partial charge in [0.05, 0.1) is 22.1 Å². The third kappa shape index (κ3) is 8.69. The van der Waals surface area contributed by atoms with E-state index in [0.717, 1.165) is 38.6 Å². The fraction of sp³-hybridized carbons (Fsp3) is 0.323. The number of rotatable bonds is 5. The van der Waals surface area contributed by atoms with Crippen molar-refractivity contribution in [2.24, 2.45) is 4.99 Å². The highest BCUT2D eigenvalue weighted by Gasteiger charge is 2.21. The number of halogens is 3. The zero-order chi connectivity index (χ0) is 31.5. The molecule has 2 amide bonds. The first-order valence-corrected chi connectivity index (χ1v) is 14.7. The van der Waals surface area contributed by atoms with Crippen LogP contribution in [0.2, 0.25) is 15.1 Å². The Morgan fingerprint density at radius 2 is 1.47 bits per heavy atom. The molecule has 0 fully saturated rings. The monoisotopic (exact) mass is 645 g/mol. The van der Waals surface area contributed by atoms with Gasteiger partial charge in [0.25, 0.3) is 0 Å². The molecule has 3 aromatic carbocycles. The number of benzene rings is 3. The summed E-state index contributed by atoms with van der Waals surface area (Å²) in [6, 6.07) is 15.1. The quantitative estimate of drug-likeness (QED) is 0.0983. The minimum atomic E-state index is -0.762. The molecule has 9 nitrogen and oxygen atoms in total. The summed E-state index contributed by atoms with van der Waals surface area (Å²) in [7, 11) is 0. The van der Waals surface area contributed by atoms with Crippen LogP contribution in [0.4, 0.5) is 15.3 Å². The average molecular weight is 647 g/mol. The number of guanidine groups is 1. The van der Waals surface area contributed by atoms with E-state index in [-0.39, 0.29) is 12.5 Å². The van der Waals surface area contributed by atoms with Crippen LogP contribution in [-0.4, -0.2) is 47.4 Å². The van der Waals surface area contributed by atoms with Gasteiger partial charge >= 0.3 is 12.2 Å². The lowest BCUT2D eigenvalue weighted by atomic mass is 9.99. The molecule has 0 aliphatic carbocycles. The van der Waals surface area contributed by atoms with Crippen LogP contribution in [0.3, 0.4) is 0 Å². The van der Waals surface area contributed by atoms with Crippen LogP contribution in [0.5, 0.6) is 0 Å². The number of hydrogen-bond donors (Lipinski definition) is 4. The number of anilines is 1. The Kier molecular flexibility index (Phi) is 9.69. The number of aromatic amines is 1. The highest BCUT2D eigenvalue weighted by atomic mass is 35.5. The second kappa shape index (κ2) is 12.9. The molecule has 1 heterocycles. The average Bonchev–Trinajstić information content (AvgIpc) is 3.23. The van der Waals surface area contributed by atoms with E-state index in [9.17, 15) is 9.59 Å². The summed E-state index contributed by atoms with van der Waals surface area (Å²) >= 11 is 18.9. The zero-order valence-corrected chi connectivity index (χ0v) is 27.0. The number of aliphatic imine (C=N–C) groups is 1. The van der Waals surface area contributed by atoms with Crippen molar-refractivity contribution >= 4 is 80.4 Å². The summed E-state index contributed by atoms with van der Waals surface area (Å²) in [4.78, 5) is 32.7. The maximum Gasteiger partial charge on any atom is 0.414 e. The summed E-state index contributed by atoms with van der Waals surface area (Å²) in [5, 5.41) is 11.9. The van der Waals surface area contributed by atoms with Gasteiger partial charge in [-0.3, -0.25) is 15.6 Å². The minimum Gasteiger partial charge on any atom is -0.444 e. The van der Waals surface area contributed by atoms with Gasteiger partial charge in [0.1, 0.15) is 11.2 Å². The summed E-state index contributed by atoms with van der Waals surface area (Å²) in [6.45, 7) is 10.9. The van der Waals surface area contributed by atoms with Crippen LogP contribution < -0.4 is 16.0 Å². The smallest absolute Gasteiger partial charge is 0.414 e. The molecule has 43 heavy (non-hydrogen) atoms. The summed E-state index contributed by atoms with van der Waals surface area (Å²) in [5.74, 6) is -0.0991. The van der Waals surface area contributed by atoms with Gasteiger partial charge in [0.15, 0.2) is 0 Å². The Balaban J connectivity index is 1.62. The van der Waals surface area contributed by atoms with Gasteiger partial charge < -0.3 is 19.8 Å². The molecule has 0 saturated heterocycles. The van der Waals surface area contributed by atoms with Gasteiger partial charge in [0, 0.05) is 39.1 Å². The van der Waals surface area contributed by atoms with E-state index >= 15 is 0 Å². The largest absolute Gasteiger partial charge is 0.444 e. The molecule has 1 aromatic heterocycles. The van der Waals surface area contributed by atoms with Crippen LogP contribution in [0.15, 0.2) is 53.5 Å². The van der Waals surface area contributed by atoms with Gasteiger partial charge in [0.2, 0.25) is 5.96 Å². The topological polar surface area (TPSA) is 117 Å². The molecule has 4 rings (SSSR count). The number of hydrogen-bond acceptors (Lipinski definition) is 6. The molecule has 4 N–H and O–H groups in total. The van der Waals surface area contributed by atoms with Crippen LogP contribution >= 0.6 is 34.8 Å². The normalized spacial score (nSPS) is 11.7. The van der Waals surface area contributed by atoms with Crippen molar-refractivity contribution in [1.82, 2.24) is 15.6 Å². The van der Waals surface area contributed by atoms with E-state index < -0.39 is 23.4 Å². The Morgan fingerprint density at radius 1 is 0.814 bits per heavy atom. The van der Waals surface area contributed by atoms with E-state index in [2.05, 4.69) is 25.9 Å². The number of nitrogens with one attached hydrogen (secondary N) is 4. The lowest BCUT2D eigenvalue weighted by molar-refractivity contribution is 0.0545. The van der Waals surface area contributed by atoms with Crippen molar-refractivity contribution in [3.05, 3.63) is 63.6 Å². The Labute approximate surface area is 265 Å². The molecule has 0 unspecified atom stereocenters. The number of amides is 2. The molecule has 0 aliphatic rings. The number of H-pyrrole nitrogens is 1. The van der Waals surface area contributed by atoms with Crippen LogP contribution in [-0.2, 0) is 9.47 Å². The van der Waals surface area contributed by atoms with Gasteiger partial charge in [-0.2, -0.15) is 0 Å². The fourth-order valence-corrected chi connectivity index (χ4v) is 4.78. The lowest BCUT2D eigenvalue weighted by Gasteiger charge is -2.22. The number of nitrogens with zero attached hydrogens (tertiary/aromatic N) is 1. The maximum absolute atomic E-state index is 12.4. The van der Waals surface area contributed by atoms with Crippen LogP contribution in [0, 0.1) is 0 Å². The first kappa shape index (κ1) is 32.3. The standard InChI is InChI=1S/C31H34Cl3N5O4/c1-30(2,3)42-28(40)38-27(39-29(41)43-31(4,5)6)36-14-13-35-24-12-9-19-20-16-18(32)8-11-23(20)37-26(19)25(24)17-7-10-21(33)22(34)15-17/h7-12,15-16,35,37H,13-14H2,1-6H3,(H2,36,38,39,40,41). The predicted octanol–water partition coefficient (Wildman–Crippen LogP) is 8.77. The van der Waals surface area contributed by atoms with E-state index in [1.807, 2.05) is 42.5 Å². The van der Waals surface area contributed by atoms with Crippen molar-refractivity contribution in [2.75, 3.05) is 18.4 Å². The molecule has 0 saturated carbocycles. The van der Waals surface area contributed by atoms with Gasteiger partial charge in [-0.25, -0.2) is 9.59 Å². The molecule has 0 spiro atoms. The molecule has 0 bridgehead atoms. The van der Waals surface area contributed by atoms with Crippen molar-refractivity contribution in [3.8, 4) is 11.1 Å². The van der Waals surface area contributed by atoms with Crippen molar-refractivity contribution in [1.29, 1.82) is 0 Å². The van der Waals surface area contributed by atoms with E-state index in [4.69, 9.17) is 44.3 Å². The zero-order valence-electron chi connectivity index (χ0n) is 24.7. The summed E-state index contributed by atoms with van der Waals surface area (Å²) < 4.78 is 10.6. The maximum atomic E-state index is 12.4. The summed E-state index contributed by atoms with van der Waals surface area (Å²) in [5.41, 5.74) is 2.89. The number of aromatic nitrogens is 1. The third-order valence-electron chi connectivity index (χ3n) is 5.88. The van der Waals surface area contributed by atoms with E-state index in [1.54, 1.807) is 47.6 Å². The van der Waals surface area contributed by atoms with Crippen molar-refractivity contribution in [2.45, 2.75) is 52.7 Å². The molecule has 0 aliphatic heterocycles. The van der Waals surface area contributed by atoms with Gasteiger partial charge in [-0.1, -0.05) is 46.9 Å². The van der Waals surface area contributed by atoms with Gasteiger partial charge in [-0.05, 0) is 83.5 Å². The van der Waals surface area contributed by atoms with Gasteiger partial charge in [-0.15, -0.1) is 0 Å². The molecule has 4 aromatic rings. The first-order chi connectivity index (χ1) is 20.1. The van der Waals surface area contributed by atoms with Crippen LogP contribution in [0.1, 0.15) is 41.5 Å². The molecular weight excluding hydrogens is 613 g/mol. The molecule has 0 radical (unpaired) electrons.